The Morgan fingerprint density at radius 3 is 2.82 bits per heavy atom. The highest BCUT2D eigenvalue weighted by Gasteiger charge is 2.40. The molecule has 0 unspecified atom stereocenters. The molecule has 2 aliphatic heterocycles. The fraction of sp³-hybridized carbons (Fsp3) is 1.00. The predicted molar refractivity (Wildman–Crippen MR) is 46.7 cm³/mol. The smallest absolute Gasteiger partial charge is 0.00820 e. The largest absolute Gasteiger partial charge is 0.316 e. The Bertz CT molecular complexity index is 128. The minimum absolute atomic E-state index is 0.672. The molecule has 0 aromatic heterocycles. The maximum absolute atomic E-state index is 3.53. The number of nitrogens with one attached hydrogen (secondary N) is 1. The zero-order valence-corrected chi connectivity index (χ0v) is 7.40. The SMILES string of the molecule is CN1CC2(CCCCNC2)C1. The van der Waals surface area contributed by atoms with Crippen molar-refractivity contribution in [2.75, 3.05) is 33.2 Å². The van der Waals surface area contributed by atoms with Crippen LogP contribution in [0.4, 0.5) is 0 Å². The lowest BCUT2D eigenvalue weighted by atomic mass is 9.76. The fourth-order valence-electron chi connectivity index (χ4n) is 2.56. The first kappa shape index (κ1) is 7.56. The van der Waals surface area contributed by atoms with E-state index in [1.807, 2.05) is 0 Å². The summed E-state index contributed by atoms with van der Waals surface area (Å²) in [6.45, 7) is 5.14. The van der Waals surface area contributed by atoms with E-state index in [1.165, 1.54) is 45.4 Å². The van der Waals surface area contributed by atoms with Crippen LogP contribution in [0.1, 0.15) is 19.3 Å². The zero-order valence-electron chi connectivity index (χ0n) is 7.40. The number of hydrogen-bond donors (Lipinski definition) is 1. The van der Waals surface area contributed by atoms with Crippen LogP contribution in [0.15, 0.2) is 0 Å². The highest BCUT2D eigenvalue weighted by Crippen LogP contribution is 2.34. The Balaban J connectivity index is 1.91. The first-order valence-electron chi connectivity index (χ1n) is 4.70. The van der Waals surface area contributed by atoms with E-state index in [4.69, 9.17) is 0 Å². The molecule has 0 bridgehead atoms. The summed E-state index contributed by atoms with van der Waals surface area (Å²) in [5.74, 6) is 0. The van der Waals surface area contributed by atoms with Gasteiger partial charge in [-0.05, 0) is 26.4 Å². The van der Waals surface area contributed by atoms with Crippen molar-refractivity contribution < 1.29 is 0 Å². The van der Waals surface area contributed by atoms with Gasteiger partial charge in [-0.25, -0.2) is 0 Å². The molecule has 64 valence electrons. The van der Waals surface area contributed by atoms with E-state index in [-0.39, 0.29) is 0 Å². The topological polar surface area (TPSA) is 15.3 Å². The van der Waals surface area contributed by atoms with Gasteiger partial charge in [0, 0.05) is 25.0 Å². The molecular weight excluding hydrogens is 136 g/mol. The summed E-state index contributed by atoms with van der Waals surface area (Å²) >= 11 is 0. The normalized spacial score (nSPS) is 31.4. The second-order valence-corrected chi connectivity index (χ2v) is 4.31. The van der Waals surface area contributed by atoms with Crippen molar-refractivity contribution in [2.45, 2.75) is 19.3 Å². The van der Waals surface area contributed by atoms with Crippen LogP contribution in [-0.4, -0.2) is 38.1 Å². The Labute approximate surface area is 69.0 Å². The molecule has 2 heteroatoms. The lowest BCUT2D eigenvalue weighted by Crippen LogP contribution is -2.58. The third-order valence-electron chi connectivity index (χ3n) is 3.02. The first-order valence-corrected chi connectivity index (χ1v) is 4.70. The first-order chi connectivity index (χ1) is 5.31. The minimum Gasteiger partial charge on any atom is -0.316 e. The summed E-state index contributed by atoms with van der Waals surface area (Å²) in [4.78, 5) is 2.42. The third-order valence-corrected chi connectivity index (χ3v) is 3.02. The second-order valence-electron chi connectivity index (χ2n) is 4.31. The molecule has 0 atom stereocenters. The van der Waals surface area contributed by atoms with Gasteiger partial charge < -0.3 is 10.2 Å². The molecular formula is C9H18N2. The predicted octanol–water partition coefficient (Wildman–Crippen LogP) is 0.692. The number of hydrogen-bond acceptors (Lipinski definition) is 2. The minimum atomic E-state index is 0.672. The van der Waals surface area contributed by atoms with E-state index in [2.05, 4.69) is 17.3 Å². The highest BCUT2D eigenvalue weighted by molar-refractivity contribution is 4.95. The highest BCUT2D eigenvalue weighted by atomic mass is 15.2. The maximum Gasteiger partial charge on any atom is 0.00820 e. The Hall–Kier alpha value is -0.0800. The summed E-state index contributed by atoms with van der Waals surface area (Å²) in [5.41, 5.74) is 0.672. The Morgan fingerprint density at radius 1 is 1.27 bits per heavy atom. The summed E-state index contributed by atoms with van der Waals surface area (Å²) < 4.78 is 0. The molecule has 2 heterocycles. The van der Waals surface area contributed by atoms with Crippen LogP contribution < -0.4 is 5.32 Å². The van der Waals surface area contributed by atoms with Crippen molar-refractivity contribution in [3.63, 3.8) is 0 Å². The van der Waals surface area contributed by atoms with Gasteiger partial charge in [-0.3, -0.25) is 0 Å². The lowest BCUT2D eigenvalue weighted by molar-refractivity contribution is 0.0192. The molecule has 2 saturated heterocycles. The van der Waals surface area contributed by atoms with Crippen LogP contribution in [0.2, 0.25) is 0 Å². The van der Waals surface area contributed by atoms with E-state index >= 15 is 0 Å². The van der Waals surface area contributed by atoms with Gasteiger partial charge in [0.15, 0.2) is 0 Å². The quantitative estimate of drug-likeness (QED) is 0.552. The maximum atomic E-state index is 3.53. The van der Waals surface area contributed by atoms with Crippen LogP contribution in [-0.2, 0) is 0 Å². The Kier molecular flexibility index (Phi) is 1.90. The van der Waals surface area contributed by atoms with Crippen molar-refractivity contribution in [2.24, 2.45) is 5.41 Å². The standard InChI is InChI=1S/C9H18N2/c1-11-7-9(8-11)4-2-3-5-10-6-9/h10H,2-8H2,1H3. The third kappa shape index (κ3) is 1.42. The van der Waals surface area contributed by atoms with Crippen LogP contribution in [0.3, 0.4) is 0 Å². The summed E-state index contributed by atoms with van der Waals surface area (Å²) in [7, 11) is 2.22. The summed E-state index contributed by atoms with van der Waals surface area (Å²) in [6.07, 6.45) is 4.26. The molecule has 2 aliphatic rings. The van der Waals surface area contributed by atoms with Gasteiger partial charge in [-0.1, -0.05) is 6.42 Å². The van der Waals surface area contributed by atoms with Gasteiger partial charge in [0.2, 0.25) is 0 Å². The van der Waals surface area contributed by atoms with Crippen molar-refractivity contribution in [3.8, 4) is 0 Å². The number of nitrogens with zero attached hydrogens (tertiary/aromatic N) is 1. The van der Waals surface area contributed by atoms with Gasteiger partial charge in [0.1, 0.15) is 0 Å². The molecule has 0 amide bonds. The Morgan fingerprint density at radius 2 is 2.09 bits per heavy atom. The van der Waals surface area contributed by atoms with Crippen LogP contribution in [0.25, 0.3) is 0 Å². The van der Waals surface area contributed by atoms with Crippen LogP contribution in [0, 0.1) is 5.41 Å². The molecule has 1 spiro atoms. The average Bonchev–Trinajstić information content (AvgIpc) is 2.12. The molecule has 0 aromatic carbocycles. The molecule has 11 heavy (non-hydrogen) atoms. The average molecular weight is 154 g/mol. The molecule has 0 aliphatic carbocycles. The van der Waals surface area contributed by atoms with Crippen LogP contribution >= 0.6 is 0 Å². The van der Waals surface area contributed by atoms with Gasteiger partial charge in [-0.15, -0.1) is 0 Å². The van der Waals surface area contributed by atoms with E-state index in [1.54, 1.807) is 0 Å². The van der Waals surface area contributed by atoms with Crippen molar-refractivity contribution in [1.82, 2.24) is 10.2 Å². The van der Waals surface area contributed by atoms with Crippen molar-refractivity contribution in [3.05, 3.63) is 0 Å². The monoisotopic (exact) mass is 154 g/mol. The molecule has 2 rings (SSSR count). The zero-order chi connectivity index (χ0) is 7.73. The number of rotatable bonds is 0. The summed E-state index contributed by atoms with van der Waals surface area (Å²) in [5, 5.41) is 3.53. The van der Waals surface area contributed by atoms with Gasteiger partial charge in [0.05, 0.1) is 0 Å². The van der Waals surface area contributed by atoms with Gasteiger partial charge in [0.25, 0.3) is 0 Å². The molecule has 0 aromatic rings. The molecule has 1 N–H and O–H groups in total. The van der Waals surface area contributed by atoms with Crippen molar-refractivity contribution >= 4 is 0 Å². The van der Waals surface area contributed by atoms with Gasteiger partial charge >= 0.3 is 0 Å². The van der Waals surface area contributed by atoms with Gasteiger partial charge in [-0.2, -0.15) is 0 Å². The van der Waals surface area contributed by atoms with Crippen LogP contribution in [0.5, 0.6) is 0 Å². The van der Waals surface area contributed by atoms with E-state index in [0.29, 0.717) is 5.41 Å². The molecule has 2 fully saturated rings. The lowest BCUT2D eigenvalue weighted by Gasteiger charge is -2.48. The summed E-state index contributed by atoms with van der Waals surface area (Å²) in [6, 6.07) is 0. The molecule has 0 radical (unpaired) electrons. The molecule has 2 nitrogen and oxygen atoms in total. The van der Waals surface area contributed by atoms with E-state index in [9.17, 15) is 0 Å². The van der Waals surface area contributed by atoms with Crippen molar-refractivity contribution in [1.29, 1.82) is 0 Å². The molecule has 0 saturated carbocycles. The van der Waals surface area contributed by atoms with E-state index < -0.39 is 0 Å². The number of likely N-dealkylation sites (tertiary alicyclic amines) is 1. The second kappa shape index (κ2) is 2.76. The van der Waals surface area contributed by atoms with E-state index in [0.717, 1.165) is 0 Å². The fourth-order valence-corrected chi connectivity index (χ4v) is 2.56.